The van der Waals surface area contributed by atoms with Crippen molar-refractivity contribution in [3.05, 3.63) is 48.3 Å². The Kier molecular flexibility index (Phi) is 6.12. The summed E-state index contributed by atoms with van der Waals surface area (Å²) in [6.07, 6.45) is 3.66. The molecule has 1 unspecified atom stereocenters. The van der Waals surface area contributed by atoms with Gasteiger partial charge in [0.05, 0.1) is 30.0 Å². The molecule has 0 bridgehead atoms. The quantitative estimate of drug-likeness (QED) is 0.600. The van der Waals surface area contributed by atoms with Gasteiger partial charge in [0.2, 0.25) is 0 Å². The molecule has 1 saturated heterocycles. The molecule has 1 fully saturated rings. The molecule has 146 valence electrons. The van der Waals surface area contributed by atoms with Crippen LogP contribution in [0.4, 0.5) is 0 Å². The van der Waals surface area contributed by atoms with E-state index < -0.39 is 9.84 Å². The minimum atomic E-state index is -3.32. The molecule has 1 aliphatic rings. The molecule has 3 rings (SSSR count). The highest BCUT2D eigenvalue weighted by Gasteiger charge is 2.25. The van der Waals surface area contributed by atoms with Gasteiger partial charge in [0.1, 0.15) is 6.10 Å². The SMILES string of the molecule is CN=C(NCCS(=O)(=O)c1ccccc1)N1CCOC(c2cnn(C)c2)C1. The van der Waals surface area contributed by atoms with E-state index in [2.05, 4.69) is 20.3 Å². The zero-order valence-corrected chi connectivity index (χ0v) is 16.4. The predicted molar refractivity (Wildman–Crippen MR) is 103 cm³/mol. The first-order valence-electron chi connectivity index (χ1n) is 8.83. The van der Waals surface area contributed by atoms with Crippen molar-refractivity contribution in [2.75, 3.05) is 39.0 Å². The lowest BCUT2D eigenvalue weighted by molar-refractivity contribution is -0.00798. The zero-order chi connectivity index (χ0) is 19.3. The third-order valence-electron chi connectivity index (χ3n) is 4.43. The molecule has 0 saturated carbocycles. The fourth-order valence-corrected chi connectivity index (χ4v) is 4.20. The molecular formula is C18H25N5O3S. The van der Waals surface area contributed by atoms with Crippen LogP contribution < -0.4 is 5.32 Å². The number of nitrogens with one attached hydrogen (secondary N) is 1. The first-order chi connectivity index (χ1) is 13.0. The van der Waals surface area contributed by atoms with Crippen molar-refractivity contribution in [1.82, 2.24) is 20.0 Å². The number of rotatable bonds is 5. The summed E-state index contributed by atoms with van der Waals surface area (Å²) >= 11 is 0. The first-order valence-corrected chi connectivity index (χ1v) is 10.5. The number of aryl methyl sites for hydroxylation is 1. The van der Waals surface area contributed by atoms with Crippen LogP contribution in [0.5, 0.6) is 0 Å². The Bertz CT molecular complexity index is 879. The molecule has 0 radical (unpaired) electrons. The maximum Gasteiger partial charge on any atom is 0.193 e. The van der Waals surface area contributed by atoms with Gasteiger partial charge in [-0.1, -0.05) is 18.2 Å². The van der Waals surface area contributed by atoms with Crippen molar-refractivity contribution in [2.24, 2.45) is 12.0 Å². The van der Waals surface area contributed by atoms with E-state index in [1.165, 1.54) is 0 Å². The van der Waals surface area contributed by atoms with E-state index in [-0.39, 0.29) is 11.9 Å². The molecule has 1 atom stereocenters. The molecule has 8 nitrogen and oxygen atoms in total. The summed E-state index contributed by atoms with van der Waals surface area (Å²) in [4.78, 5) is 6.72. The Morgan fingerprint density at radius 3 is 2.81 bits per heavy atom. The number of morpholine rings is 1. The largest absolute Gasteiger partial charge is 0.370 e. The number of hydrogen-bond acceptors (Lipinski definition) is 5. The maximum absolute atomic E-state index is 12.4. The van der Waals surface area contributed by atoms with Gasteiger partial charge in [0.25, 0.3) is 0 Å². The fraction of sp³-hybridized carbons (Fsp3) is 0.444. The van der Waals surface area contributed by atoms with Gasteiger partial charge in [0, 0.05) is 38.9 Å². The molecule has 1 N–H and O–H groups in total. The Labute approximate surface area is 159 Å². The number of benzene rings is 1. The Balaban J connectivity index is 1.57. The maximum atomic E-state index is 12.4. The molecule has 0 aliphatic carbocycles. The van der Waals surface area contributed by atoms with Crippen LogP contribution in [-0.2, 0) is 21.6 Å². The standard InChI is InChI=1S/C18H25N5O3S/c1-19-18(20-8-11-27(24,25)16-6-4-3-5-7-16)23-9-10-26-17(14-23)15-12-21-22(2)13-15/h3-7,12-13,17H,8-11,14H2,1-2H3,(H,19,20). The Morgan fingerprint density at radius 1 is 1.37 bits per heavy atom. The number of guanidine groups is 1. The summed E-state index contributed by atoms with van der Waals surface area (Å²) in [7, 11) is 0.252. The molecule has 1 aromatic heterocycles. The number of sulfone groups is 1. The van der Waals surface area contributed by atoms with Crippen LogP contribution in [-0.4, -0.2) is 68.1 Å². The van der Waals surface area contributed by atoms with Gasteiger partial charge in [-0.15, -0.1) is 0 Å². The van der Waals surface area contributed by atoms with Crippen LogP contribution in [0, 0.1) is 0 Å². The van der Waals surface area contributed by atoms with Crippen LogP contribution >= 0.6 is 0 Å². The first kappa shape index (κ1) is 19.4. The van der Waals surface area contributed by atoms with Gasteiger partial charge in [-0.3, -0.25) is 9.67 Å². The summed E-state index contributed by atoms with van der Waals surface area (Å²) in [6, 6.07) is 8.49. The van der Waals surface area contributed by atoms with E-state index in [9.17, 15) is 8.42 Å². The third-order valence-corrected chi connectivity index (χ3v) is 6.16. The predicted octanol–water partition coefficient (Wildman–Crippen LogP) is 0.843. The minimum Gasteiger partial charge on any atom is -0.370 e. The number of nitrogens with zero attached hydrogens (tertiary/aromatic N) is 4. The van der Waals surface area contributed by atoms with Crippen LogP contribution in [0.3, 0.4) is 0 Å². The van der Waals surface area contributed by atoms with Crippen LogP contribution in [0.2, 0.25) is 0 Å². The highest BCUT2D eigenvalue weighted by atomic mass is 32.2. The molecule has 9 heteroatoms. The van der Waals surface area contributed by atoms with E-state index in [0.717, 1.165) is 5.56 Å². The summed E-state index contributed by atoms with van der Waals surface area (Å²) in [5.41, 5.74) is 1.02. The van der Waals surface area contributed by atoms with Gasteiger partial charge in [-0.05, 0) is 12.1 Å². The van der Waals surface area contributed by atoms with Crippen molar-refractivity contribution >= 4 is 15.8 Å². The molecular weight excluding hydrogens is 366 g/mol. The average Bonchev–Trinajstić information content (AvgIpc) is 3.12. The van der Waals surface area contributed by atoms with E-state index in [0.29, 0.717) is 37.1 Å². The van der Waals surface area contributed by atoms with Crippen molar-refractivity contribution in [2.45, 2.75) is 11.0 Å². The van der Waals surface area contributed by atoms with Gasteiger partial charge in [-0.2, -0.15) is 5.10 Å². The highest BCUT2D eigenvalue weighted by molar-refractivity contribution is 7.91. The van der Waals surface area contributed by atoms with Gasteiger partial charge >= 0.3 is 0 Å². The summed E-state index contributed by atoms with van der Waals surface area (Å²) in [6.45, 7) is 2.19. The molecule has 27 heavy (non-hydrogen) atoms. The van der Waals surface area contributed by atoms with Gasteiger partial charge in [0.15, 0.2) is 15.8 Å². The lowest BCUT2D eigenvalue weighted by Crippen LogP contribution is -2.49. The lowest BCUT2D eigenvalue weighted by atomic mass is 10.1. The van der Waals surface area contributed by atoms with Crippen LogP contribution in [0.25, 0.3) is 0 Å². The van der Waals surface area contributed by atoms with Crippen molar-refractivity contribution in [3.63, 3.8) is 0 Å². The topological polar surface area (TPSA) is 88.8 Å². The molecule has 2 heterocycles. The zero-order valence-electron chi connectivity index (χ0n) is 15.6. The average molecular weight is 391 g/mol. The van der Waals surface area contributed by atoms with Gasteiger partial charge in [-0.25, -0.2) is 8.42 Å². The molecule has 1 aromatic carbocycles. The minimum absolute atomic E-state index is 0.00636. The summed E-state index contributed by atoms with van der Waals surface area (Å²) < 4.78 is 32.4. The van der Waals surface area contributed by atoms with E-state index in [1.54, 1.807) is 48.3 Å². The smallest absolute Gasteiger partial charge is 0.193 e. The van der Waals surface area contributed by atoms with E-state index >= 15 is 0 Å². The second kappa shape index (κ2) is 8.53. The van der Waals surface area contributed by atoms with Crippen LogP contribution in [0.1, 0.15) is 11.7 Å². The summed E-state index contributed by atoms with van der Waals surface area (Å²) in [5.74, 6) is 0.683. The van der Waals surface area contributed by atoms with Crippen molar-refractivity contribution in [1.29, 1.82) is 0 Å². The molecule has 0 spiro atoms. The van der Waals surface area contributed by atoms with Crippen molar-refractivity contribution in [3.8, 4) is 0 Å². The monoisotopic (exact) mass is 391 g/mol. The number of ether oxygens (including phenoxy) is 1. The Morgan fingerprint density at radius 2 is 2.15 bits per heavy atom. The molecule has 2 aromatic rings. The third kappa shape index (κ3) is 4.86. The van der Waals surface area contributed by atoms with E-state index in [4.69, 9.17) is 4.74 Å². The van der Waals surface area contributed by atoms with Crippen molar-refractivity contribution < 1.29 is 13.2 Å². The van der Waals surface area contributed by atoms with Gasteiger partial charge < -0.3 is 15.0 Å². The highest BCUT2D eigenvalue weighted by Crippen LogP contribution is 2.21. The number of hydrogen-bond donors (Lipinski definition) is 1. The normalized spacial score (nSPS) is 18.5. The second-order valence-electron chi connectivity index (χ2n) is 6.36. The molecule has 1 aliphatic heterocycles. The van der Waals surface area contributed by atoms with E-state index in [1.807, 2.05) is 13.2 Å². The molecule has 0 amide bonds. The second-order valence-corrected chi connectivity index (χ2v) is 8.47. The lowest BCUT2D eigenvalue weighted by Gasteiger charge is -2.34. The van der Waals surface area contributed by atoms with Crippen LogP contribution in [0.15, 0.2) is 52.6 Å². The number of aromatic nitrogens is 2. The Hall–Kier alpha value is -2.39. The summed E-state index contributed by atoms with van der Waals surface area (Å²) in [5, 5.41) is 7.36. The fourth-order valence-electron chi connectivity index (χ4n) is 3.02. The number of aliphatic imine (C=N–C) groups is 1.